The number of rotatable bonds is 6. The van der Waals surface area contributed by atoms with Crippen molar-refractivity contribution in [2.45, 2.75) is 58.0 Å². The minimum absolute atomic E-state index is 0.115. The van der Waals surface area contributed by atoms with E-state index in [9.17, 15) is 13.2 Å². The molecule has 0 radical (unpaired) electrons. The van der Waals surface area contributed by atoms with Gasteiger partial charge in [-0.2, -0.15) is 9.29 Å². The third kappa shape index (κ3) is 5.14. The summed E-state index contributed by atoms with van der Waals surface area (Å²) in [4.78, 5) is 20.4. The molecule has 8 nitrogen and oxygen atoms in total. The van der Waals surface area contributed by atoms with Gasteiger partial charge in [0.25, 0.3) is 0 Å². The maximum absolute atomic E-state index is 13.3. The van der Waals surface area contributed by atoms with Crippen molar-refractivity contribution in [1.29, 1.82) is 0 Å². The van der Waals surface area contributed by atoms with Crippen molar-refractivity contribution in [3.05, 3.63) is 41.3 Å². The lowest BCUT2D eigenvalue weighted by atomic mass is 10.1. The summed E-state index contributed by atoms with van der Waals surface area (Å²) in [5, 5.41) is 2.75. The zero-order valence-corrected chi connectivity index (χ0v) is 18.6. The highest BCUT2D eigenvalue weighted by atomic mass is 32.2. The molecule has 9 heteroatoms. The Balaban J connectivity index is 1.76. The fourth-order valence-corrected chi connectivity index (χ4v) is 5.25. The van der Waals surface area contributed by atoms with Crippen LogP contribution in [0.4, 0.5) is 5.69 Å². The average molecular weight is 433 g/mol. The Bertz CT molecular complexity index is 1020. The summed E-state index contributed by atoms with van der Waals surface area (Å²) in [6.07, 6.45) is 1.55. The molecule has 0 bridgehead atoms. The van der Waals surface area contributed by atoms with E-state index in [1.165, 1.54) is 4.31 Å². The first kappa shape index (κ1) is 22.2. The fourth-order valence-electron chi connectivity index (χ4n) is 3.54. The number of benzene rings is 1. The molecule has 0 saturated carbocycles. The minimum atomic E-state index is -3.68. The normalized spacial score (nSPS) is 17.5. The number of piperidine rings is 1. The van der Waals surface area contributed by atoms with E-state index in [4.69, 9.17) is 4.74 Å². The number of hydrogen-bond donors (Lipinski definition) is 1. The zero-order valence-electron chi connectivity index (χ0n) is 17.8. The lowest BCUT2D eigenvalue weighted by molar-refractivity contribution is -0.115. The summed E-state index contributed by atoms with van der Waals surface area (Å²) < 4.78 is 34.0. The van der Waals surface area contributed by atoms with Crippen LogP contribution in [-0.2, 0) is 14.8 Å². The Morgan fingerprint density at radius 1 is 1.23 bits per heavy atom. The van der Waals surface area contributed by atoms with Crippen LogP contribution in [0.15, 0.2) is 29.2 Å². The summed E-state index contributed by atoms with van der Waals surface area (Å²) in [6, 6.07) is 6.62. The third-order valence-corrected chi connectivity index (χ3v) is 6.99. The number of ether oxygens (including phenoxy) is 1. The topological polar surface area (TPSA) is 101 Å². The molecule has 1 saturated heterocycles. The van der Waals surface area contributed by atoms with Gasteiger partial charge in [0, 0.05) is 30.4 Å². The van der Waals surface area contributed by atoms with Crippen LogP contribution in [0.5, 0.6) is 5.88 Å². The van der Waals surface area contributed by atoms with E-state index in [0.717, 1.165) is 12.1 Å². The smallest absolute Gasteiger partial charge is 0.243 e. The highest BCUT2D eigenvalue weighted by molar-refractivity contribution is 7.89. The quantitative estimate of drug-likeness (QED) is 0.753. The Labute approximate surface area is 177 Å². The predicted molar refractivity (Wildman–Crippen MR) is 114 cm³/mol. The number of sulfonamides is 1. The van der Waals surface area contributed by atoms with Crippen molar-refractivity contribution in [2.24, 2.45) is 0 Å². The molecule has 0 unspecified atom stereocenters. The SMILES string of the molecule is CCC(=O)Nc1ccc(S(=O)(=O)N2CCC[C@H](Oc3cc(C)nc(C)n3)C2)c(C)c1. The number of nitrogens with zero attached hydrogens (tertiary/aromatic N) is 3. The van der Waals surface area contributed by atoms with Gasteiger partial charge in [-0.3, -0.25) is 4.79 Å². The lowest BCUT2D eigenvalue weighted by Gasteiger charge is -2.32. The number of carbonyl (C=O) groups excluding carboxylic acids is 1. The molecule has 162 valence electrons. The van der Waals surface area contributed by atoms with Crippen molar-refractivity contribution in [1.82, 2.24) is 14.3 Å². The molecule has 1 aliphatic rings. The van der Waals surface area contributed by atoms with Crippen LogP contribution in [0.3, 0.4) is 0 Å². The van der Waals surface area contributed by atoms with Crippen LogP contribution in [0, 0.1) is 20.8 Å². The van der Waals surface area contributed by atoms with Crippen molar-refractivity contribution >= 4 is 21.6 Å². The molecule has 1 amide bonds. The second kappa shape index (κ2) is 9.09. The van der Waals surface area contributed by atoms with E-state index >= 15 is 0 Å². The number of amides is 1. The van der Waals surface area contributed by atoms with Gasteiger partial charge in [-0.05, 0) is 57.4 Å². The van der Waals surface area contributed by atoms with Crippen molar-refractivity contribution in [3.63, 3.8) is 0 Å². The molecule has 2 heterocycles. The monoisotopic (exact) mass is 432 g/mol. The molecular weight excluding hydrogens is 404 g/mol. The summed E-state index contributed by atoms with van der Waals surface area (Å²) in [6.45, 7) is 7.87. The third-order valence-electron chi connectivity index (χ3n) is 4.97. The van der Waals surface area contributed by atoms with Gasteiger partial charge >= 0.3 is 0 Å². The Morgan fingerprint density at radius 2 is 2.00 bits per heavy atom. The fraction of sp³-hybridized carbons (Fsp3) is 0.476. The molecule has 0 spiro atoms. The van der Waals surface area contributed by atoms with Crippen LogP contribution in [0.2, 0.25) is 0 Å². The first-order valence-electron chi connectivity index (χ1n) is 10.1. The minimum Gasteiger partial charge on any atom is -0.473 e. The molecular formula is C21H28N4O4S. The van der Waals surface area contributed by atoms with Crippen LogP contribution in [-0.4, -0.2) is 47.8 Å². The average Bonchev–Trinajstić information content (AvgIpc) is 2.67. The Morgan fingerprint density at radius 3 is 2.67 bits per heavy atom. The number of anilines is 1. The second-order valence-corrected chi connectivity index (χ2v) is 9.43. The number of hydrogen-bond acceptors (Lipinski definition) is 6. The number of carbonyl (C=O) groups is 1. The summed E-state index contributed by atoms with van der Waals surface area (Å²) >= 11 is 0. The van der Waals surface area contributed by atoms with E-state index in [-0.39, 0.29) is 23.5 Å². The standard InChI is InChI=1S/C21H28N4O4S/c1-5-20(26)24-17-8-9-19(14(2)11-17)30(27,28)25-10-6-7-18(13-25)29-21-12-15(3)22-16(4)23-21/h8-9,11-12,18H,5-7,10,13H2,1-4H3,(H,24,26)/t18-/m0/s1. The summed E-state index contributed by atoms with van der Waals surface area (Å²) in [5.74, 6) is 0.976. The number of nitrogens with one attached hydrogen (secondary N) is 1. The summed E-state index contributed by atoms with van der Waals surface area (Å²) in [7, 11) is -3.68. The maximum Gasteiger partial charge on any atom is 0.243 e. The molecule has 1 atom stereocenters. The van der Waals surface area contributed by atoms with Crippen LogP contribution >= 0.6 is 0 Å². The number of aryl methyl sites for hydroxylation is 3. The second-order valence-electron chi connectivity index (χ2n) is 7.52. The van der Waals surface area contributed by atoms with Crippen LogP contribution in [0.1, 0.15) is 43.3 Å². The van der Waals surface area contributed by atoms with Gasteiger partial charge in [-0.15, -0.1) is 0 Å². The van der Waals surface area contributed by atoms with Gasteiger partial charge in [0.15, 0.2) is 0 Å². The molecule has 1 fully saturated rings. The van der Waals surface area contributed by atoms with Gasteiger partial charge in [-0.25, -0.2) is 13.4 Å². The Hall–Kier alpha value is -2.52. The van der Waals surface area contributed by atoms with E-state index in [1.54, 1.807) is 45.0 Å². The molecule has 1 aromatic carbocycles. The van der Waals surface area contributed by atoms with Crippen LogP contribution in [0.25, 0.3) is 0 Å². The van der Waals surface area contributed by atoms with E-state index < -0.39 is 10.0 Å². The van der Waals surface area contributed by atoms with Gasteiger partial charge in [0.05, 0.1) is 11.4 Å². The predicted octanol–water partition coefficient (Wildman–Crippen LogP) is 2.98. The highest BCUT2D eigenvalue weighted by Gasteiger charge is 2.32. The first-order chi connectivity index (χ1) is 14.2. The van der Waals surface area contributed by atoms with Gasteiger partial charge < -0.3 is 10.1 Å². The van der Waals surface area contributed by atoms with Crippen LogP contribution < -0.4 is 10.1 Å². The summed E-state index contributed by atoms with van der Waals surface area (Å²) in [5.41, 5.74) is 1.99. The Kier molecular flexibility index (Phi) is 6.72. The van der Waals surface area contributed by atoms with Crippen molar-refractivity contribution < 1.29 is 17.9 Å². The molecule has 3 rings (SSSR count). The molecule has 0 aliphatic carbocycles. The molecule has 1 aliphatic heterocycles. The van der Waals surface area contributed by atoms with E-state index in [2.05, 4.69) is 15.3 Å². The molecule has 30 heavy (non-hydrogen) atoms. The van der Waals surface area contributed by atoms with Gasteiger partial charge in [0.2, 0.25) is 21.8 Å². The van der Waals surface area contributed by atoms with E-state index in [1.807, 2.05) is 6.92 Å². The maximum atomic E-state index is 13.3. The van der Waals surface area contributed by atoms with E-state index in [0.29, 0.717) is 42.3 Å². The largest absolute Gasteiger partial charge is 0.473 e. The lowest BCUT2D eigenvalue weighted by Crippen LogP contribution is -2.44. The highest BCUT2D eigenvalue weighted by Crippen LogP contribution is 2.27. The van der Waals surface area contributed by atoms with Gasteiger partial charge in [-0.1, -0.05) is 6.92 Å². The van der Waals surface area contributed by atoms with Crippen molar-refractivity contribution in [3.8, 4) is 5.88 Å². The van der Waals surface area contributed by atoms with Crippen molar-refractivity contribution in [2.75, 3.05) is 18.4 Å². The first-order valence-corrected chi connectivity index (χ1v) is 11.5. The molecule has 1 N–H and O–H groups in total. The molecule has 1 aromatic heterocycles. The van der Waals surface area contributed by atoms with Gasteiger partial charge in [0.1, 0.15) is 11.9 Å². The molecule has 2 aromatic rings. The zero-order chi connectivity index (χ0) is 21.9. The number of aromatic nitrogens is 2.